The first-order valence-corrected chi connectivity index (χ1v) is 7.36. The average Bonchev–Trinajstić information content (AvgIpc) is 2.53. The van der Waals surface area contributed by atoms with Gasteiger partial charge in [-0.2, -0.15) is 0 Å². The minimum Gasteiger partial charge on any atom is -0.419 e. The number of ether oxygens (including phenoxy) is 2. The Morgan fingerprint density at radius 1 is 1.04 bits per heavy atom. The van der Waals surface area contributed by atoms with Crippen molar-refractivity contribution in [2.45, 2.75) is 26.1 Å². The van der Waals surface area contributed by atoms with Crippen LogP contribution < -0.4 is 5.32 Å². The molecule has 1 N–H and O–H groups in total. The standard InChI is InChI=1S/C18H19NO4/c1-3-18(2)22-16(20)15(17(21)23-18)12-8-5-9-13-19-14-10-6-4-7-11-14/h4-13,19H,3H2,1-2H3/b8-5+,13-9+,15-12?. The first-order chi connectivity index (χ1) is 11.0. The highest BCUT2D eigenvalue weighted by atomic mass is 16.7. The summed E-state index contributed by atoms with van der Waals surface area (Å²) in [5, 5.41) is 3.08. The number of para-hydroxylation sites is 1. The quantitative estimate of drug-likeness (QED) is 0.391. The summed E-state index contributed by atoms with van der Waals surface area (Å²) < 4.78 is 10.3. The van der Waals surface area contributed by atoms with Crippen molar-refractivity contribution >= 4 is 17.6 Å². The molecule has 23 heavy (non-hydrogen) atoms. The van der Waals surface area contributed by atoms with Crippen LogP contribution in [0.2, 0.25) is 0 Å². The summed E-state index contributed by atoms with van der Waals surface area (Å²) >= 11 is 0. The highest BCUT2D eigenvalue weighted by molar-refractivity contribution is 6.15. The van der Waals surface area contributed by atoms with Crippen LogP contribution in [-0.4, -0.2) is 17.7 Å². The van der Waals surface area contributed by atoms with Gasteiger partial charge in [-0.15, -0.1) is 0 Å². The lowest BCUT2D eigenvalue weighted by Gasteiger charge is -2.32. The molecule has 0 aliphatic carbocycles. The Hall–Kier alpha value is -2.82. The summed E-state index contributed by atoms with van der Waals surface area (Å²) in [6.45, 7) is 3.34. The van der Waals surface area contributed by atoms with E-state index in [4.69, 9.17) is 9.47 Å². The molecular weight excluding hydrogens is 294 g/mol. The van der Waals surface area contributed by atoms with Gasteiger partial charge in [-0.25, -0.2) is 9.59 Å². The lowest BCUT2D eigenvalue weighted by Crippen LogP contribution is -2.43. The predicted molar refractivity (Wildman–Crippen MR) is 87.3 cm³/mol. The first kappa shape index (κ1) is 16.5. The summed E-state index contributed by atoms with van der Waals surface area (Å²) in [5.41, 5.74) is 0.852. The van der Waals surface area contributed by atoms with E-state index in [0.717, 1.165) is 5.69 Å². The number of hydrogen-bond acceptors (Lipinski definition) is 5. The fourth-order valence-electron chi connectivity index (χ4n) is 1.84. The van der Waals surface area contributed by atoms with Crippen molar-refractivity contribution in [3.63, 3.8) is 0 Å². The lowest BCUT2D eigenvalue weighted by molar-refractivity contribution is -0.229. The number of cyclic esters (lactones) is 2. The van der Waals surface area contributed by atoms with Crippen LogP contribution in [0.1, 0.15) is 20.3 Å². The smallest absolute Gasteiger partial charge is 0.348 e. The molecule has 0 saturated carbocycles. The number of benzene rings is 1. The van der Waals surface area contributed by atoms with Gasteiger partial charge in [0.1, 0.15) is 5.57 Å². The second-order valence-corrected chi connectivity index (χ2v) is 5.10. The van der Waals surface area contributed by atoms with E-state index in [0.29, 0.717) is 6.42 Å². The number of allylic oxidation sites excluding steroid dienone is 4. The maximum atomic E-state index is 11.8. The Kier molecular flexibility index (Phi) is 5.36. The summed E-state index contributed by atoms with van der Waals surface area (Å²) in [4.78, 5) is 23.7. The molecule has 0 radical (unpaired) electrons. The topological polar surface area (TPSA) is 64.6 Å². The summed E-state index contributed by atoms with van der Waals surface area (Å²) in [6, 6.07) is 9.68. The zero-order valence-corrected chi connectivity index (χ0v) is 13.1. The Labute approximate surface area is 135 Å². The van der Waals surface area contributed by atoms with Crippen molar-refractivity contribution in [1.29, 1.82) is 0 Å². The molecule has 0 aromatic heterocycles. The molecule has 1 saturated heterocycles. The molecule has 1 aromatic rings. The molecule has 5 heteroatoms. The van der Waals surface area contributed by atoms with Crippen LogP contribution in [-0.2, 0) is 19.1 Å². The van der Waals surface area contributed by atoms with Gasteiger partial charge in [-0.1, -0.05) is 37.3 Å². The predicted octanol–water partition coefficient (Wildman–Crippen LogP) is 3.32. The van der Waals surface area contributed by atoms with Crippen molar-refractivity contribution in [2.24, 2.45) is 0 Å². The number of rotatable bonds is 5. The number of anilines is 1. The van der Waals surface area contributed by atoms with Crippen molar-refractivity contribution in [3.8, 4) is 0 Å². The van der Waals surface area contributed by atoms with Gasteiger partial charge in [0.05, 0.1) is 0 Å². The molecule has 1 aromatic carbocycles. The van der Waals surface area contributed by atoms with Gasteiger partial charge in [0.15, 0.2) is 0 Å². The molecule has 1 fully saturated rings. The van der Waals surface area contributed by atoms with Gasteiger partial charge in [0, 0.05) is 25.2 Å². The molecule has 1 heterocycles. The van der Waals surface area contributed by atoms with Crippen LogP contribution in [0, 0.1) is 0 Å². The Morgan fingerprint density at radius 3 is 2.30 bits per heavy atom. The number of nitrogens with one attached hydrogen (secondary N) is 1. The van der Waals surface area contributed by atoms with Gasteiger partial charge >= 0.3 is 11.9 Å². The molecule has 1 aliphatic rings. The zero-order valence-electron chi connectivity index (χ0n) is 13.1. The summed E-state index contributed by atoms with van der Waals surface area (Å²) in [7, 11) is 0. The van der Waals surface area contributed by atoms with Gasteiger partial charge < -0.3 is 14.8 Å². The molecule has 120 valence electrons. The van der Waals surface area contributed by atoms with Gasteiger partial charge in [0.25, 0.3) is 5.79 Å². The van der Waals surface area contributed by atoms with Crippen LogP contribution in [0.15, 0.2) is 66.4 Å². The zero-order chi connectivity index (χ0) is 16.7. The van der Waals surface area contributed by atoms with E-state index < -0.39 is 17.7 Å². The van der Waals surface area contributed by atoms with E-state index in [-0.39, 0.29) is 5.57 Å². The molecule has 0 amide bonds. The second kappa shape index (κ2) is 7.45. The summed E-state index contributed by atoms with van der Waals surface area (Å²) in [6.07, 6.45) is 8.55. The van der Waals surface area contributed by atoms with Crippen molar-refractivity contribution < 1.29 is 19.1 Å². The van der Waals surface area contributed by atoms with Crippen LogP contribution in [0.3, 0.4) is 0 Å². The van der Waals surface area contributed by atoms with Gasteiger partial charge in [-0.3, -0.25) is 0 Å². The van der Waals surface area contributed by atoms with Crippen LogP contribution >= 0.6 is 0 Å². The van der Waals surface area contributed by atoms with Gasteiger partial charge in [-0.05, 0) is 24.3 Å². The molecule has 0 spiro atoms. The van der Waals surface area contributed by atoms with Crippen molar-refractivity contribution in [1.82, 2.24) is 0 Å². The minimum absolute atomic E-state index is 0.114. The fraction of sp³-hybridized carbons (Fsp3) is 0.222. The number of esters is 2. The lowest BCUT2D eigenvalue weighted by atomic mass is 10.1. The molecule has 0 unspecified atom stereocenters. The highest BCUT2D eigenvalue weighted by Gasteiger charge is 2.40. The third-order valence-electron chi connectivity index (χ3n) is 3.30. The van der Waals surface area contributed by atoms with Crippen molar-refractivity contribution in [3.05, 3.63) is 66.4 Å². The van der Waals surface area contributed by atoms with Crippen LogP contribution in [0.4, 0.5) is 5.69 Å². The number of carbonyl (C=O) groups excluding carboxylic acids is 2. The molecule has 5 nitrogen and oxygen atoms in total. The Bertz CT molecular complexity index is 639. The normalized spacial score (nSPS) is 21.4. The van der Waals surface area contributed by atoms with Crippen LogP contribution in [0.5, 0.6) is 0 Å². The molecule has 0 bridgehead atoms. The van der Waals surface area contributed by atoms with Crippen molar-refractivity contribution in [2.75, 3.05) is 5.32 Å². The third kappa shape index (κ3) is 4.57. The van der Waals surface area contributed by atoms with Crippen LogP contribution in [0.25, 0.3) is 0 Å². The average molecular weight is 313 g/mol. The Morgan fingerprint density at radius 2 is 1.70 bits per heavy atom. The molecular formula is C18H19NO4. The van der Waals surface area contributed by atoms with E-state index in [1.54, 1.807) is 38.3 Å². The maximum Gasteiger partial charge on any atom is 0.348 e. The second-order valence-electron chi connectivity index (χ2n) is 5.10. The fourth-order valence-corrected chi connectivity index (χ4v) is 1.84. The van der Waals surface area contributed by atoms with E-state index in [9.17, 15) is 9.59 Å². The monoisotopic (exact) mass is 313 g/mol. The summed E-state index contributed by atoms with van der Waals surface area (Å²) in [5.74, 6) is -2.50. The third-order valence-corrected chi connectivity index (χ3v) is 3.30. The van der Waals surface area contributed by atoms with E-state index in [1.807, 2.05) is 30.3 Å². The minimum atomic E-state index is -1.17. The number of carbonyl (C=O) groups is 2. The molecule has 0 atom stereocenters. The van der Waals surface area contributed by atoms with Gasteiger partial charge in [0.2, 0.25) is 0 Å². The van der Waals surface area contributed by atoms with E-state index >= 15 is 0 Å². The van der Waals surface area contributed by atoms with E-state index in [2.05, 4.69) is 5.32 Å². The number of hydrogen-bond donors (Lipinski definition) is 1. The van der Waals surface area contributed by atoms with E-state index in [1.165, 1.54) is 6.08 Å². The largest absolute Gasteiger partial charge is 0.419 e. The highest BCUT2D eigenvalue weighted by Crippen LogP contribution is 2.25. The maximum absolute atomic E-state index is 11.8. The molecule has 1 aliphatic heterocycles. The first-order valence-electron chi connectivity index (χ1n) is 7.36. The molecule has 2 rings (SSSR count). The SMILES string of the molecule is CCC1(C)OC(=O)C(=C/C=C/C=C/Nc2ccccc2)C(=O)O1. The Balaban J connectivity index is 1.92.